The number of rotatable bonds is 9. The highest BCUT2D eigenvalue weighted by Gasteiger charge is 2.24. The summed E-state index contributed by atoms with van der Waals surface area (Å²) in [5, 5.41) is 13.6. The van der Waals surface area contributed by atoms with Gasteiger partial charge in [-0.25, -0.2) is 9.37 Å². The number of nitrogens with zero attached hydrogens (tertiary/aromatic N) is 4. The van der Waals surface area contributed by atoms with Crippen molar-refractivity contribution in [2.75, 3.05) is 29.6 Å². The predicted molar refractivity (Wildman–Crippen MR) is 128 cm³/mol. The van der Waals surface area contributed by atoms with E-state index in [1.54, 1.807) is 0 Å². The van der Waals surface area contributed by atoms with Crippen molar-refractivity contribution < 1.29 is 9.13 Å². The van der Waals surface area contributed by atoms with Crippen molar-refractivity contribution in [3.8, 4) is 5.75 Å². The van der Waals surface area contributed by atoms with E-state index >= 15 is 0 Å². The van der Waals surface area contributed by atoms with Gasteiger partial charge in [-0.15, -0.1) is 0 Å². The quantitative estimate of drug-likeness (QED) is 0.410. The number of halogens is 1. The van der Waals surface area contributed by atoms with Crippen LogP contribution in [0.25, 0.3) is 0 Å². The zero-order valence-electron chi connectivity index (χ0n) is 19.5. The molecular weight excluding hydrogens is 423 g/mol. The molecule has 0 bridgehead atoms. The summed E-state index contributed by atoms with van der Waals surface area (Å²) in [6, 6.07) is 2.21. The van der Waals surface area contributed by atoms with Crippen LogP contribution in [0, 0.1) is 5.82 Å². The summed E-state index contributed by atoms with van der Waals surface area (Å²) >= 11 is 0. The van der Waals surface area contributed by atoms with Crippen LogP contribution in [0.3, 0.4) is 0 Å². The van der Waals surface area contributed by atoms with E-state index in [1.165, 1.54) is 51.5 Å². The number of hydrogen-bond donors (Lipinski definition) is 4. The summed E-state index contributed by atoms with van der Waals surface area (Å²) in [7, 11) is 1.41. The summed E-state index contributed by atoms with van der Waals surface area (Å²) in [6.45, 7) is 3.20. The Kier molecular flexibility index (Phi) is 8.09. The normalized spacial score (nSPS) is 20.2. The first-order valence-corrected chi connectivity index (χ1v) is 12.1. The molecule has 2 aromatic heterocycles. The minimum Gasteiger partial charge on any atom is -0.492 e. The molecular formula is C23H35FN8O. The number of pyridine rings is 1. The summed E-state index contributed by atoms with van der Waals surface area (Å²) < 4.78 is 19.1. The number of anilines is 4. The molecule has 2 aliphatic rings. The van der Waals surface area contributed by atoms with Crippen LogP contribution in [-0.2, 0) is 0 Å². The maximum absolute atomic E-state index is 14.2. The van der Waals surface area contributed by atoms with Crippen LogP contribution in [-0.4, -0.2) is 51.7 Å². The summed E-state index contributed by atoms with van der Waals surface area (Å²) in [5.41, 5.74) is 0. The molecule has 0 aromatic carbocycles. The number of nitrogens with one attached hydrogen (secondary N) is 4. The fourth-order valence-corrected chi connectivity index (χ4v) is 4.63. The average molecular weight is 459 g/mol. The highest BCUT2D eigenvalue weighted by molar-refractivity contribution is 5.53. The monoisotopic (exact) mass is 458 g/mol. The lowest BCUT2D eigenvalue weighted by Gasteiger charge is -2.24. The number of hydrogen-bond acceptors (Lipinski definition) is 9. The number of aromatic nitrogens is 4. The van der Waals surface area contributed by atoms with E-state index in [1.807, 2.05) is 0 Å². The van der Waals surface area contributed by atoms with Gasteiger partial charge in [-0.05, 0) is 38.6 Å². The minimum atomic E-state index is -0.502. The van der Waals surface area contributed by atoms with Crippen molar-refractivity contribution in [2.24, 2.45) is 0 Å². The standard InChI is InChI=1S/C23H35FN8O/c1-3-17(18-11-8-12-25-18)28-22-30-21(27-15-9-6-4-5-7-10-15)31-23(32-22)29-20-13-16(24)19(33-2)14-26-20/h13-15,17-18,25H,3-12H2,1-2H3,(H3,26,27,28,29,30,31,32). The molecule has 0 radical (unpaired) electrons. The number of methoxy groups -OCH3 is 1. The Bertz CT molecular complexity index is 900. The van der Waals surface area contributed by atoms with Crippen molar-refractivity contribution in [3.05, 3.63) is 18.1 Å². The predicted octanol–water partition coefficient (Wildman–Crippen LogP) is 4.24. The lowest BCUT2D eigenvalue weighted by molar-refractivity contribution is 0.384. The highest BCUT2D eigenvalue weighted by Crippen LogP contribution is 2.24. The van der Waals surface area contributed by atoms with Crippen molar-refractivity contribution in [1.82, 2.24) is 25.3 Å². The van der Waals surface area contributed by atoms with Crippen LogP contribution in [0.2, 0.25) is 0 Å². The van der Waals surface area contributed by atoms with Crippen LogP contribution in [0.5, 0.6) is 5.75 Å². The van der Waals surface area contributed by atoms with Crippen molar-refractivity contribution in [2.45, 2.75) is 82.8 Å². The molecule has 33 heavy (non-hydrogen) atoms. The molecule has 180 valence electrons. The zero-order chi connectivity index (χ0) is 23.0. The van der Waals surface area contributed by atoms with Gasteiger partial charge in [0.05, 0.1) is 13.3 Å². The molecule has 4 rings (SSSR count). The molecule has 2 unspecified atom stereocenters. The van der Waals surface area contributed by atoms with Gasteiger partial charge in [-0.3, -0.25) is 0 Å². The van der Waals surface area contributed by atoms with Gasteiger partial charge in [0.15, 0.2) is 11.6 Å². The molecule has 3 heterocycles. The van der Waals surface area contributed by atoms with E-state index in [0.29, 0.717) is 35.7 Å². The molecule has 1 aliphatic heterocycles. The van der Waals surface area contributed by atoms with Crippen molar-refractivity contribution >= 4 is 23.7 Å². The first-order chi connectivity index (χ1) is 16.1. The van der Waals surface area contributed by atoms with E-state index in [-0.39, 0.29) is 11.8 Å². The molecule has 1 aliphatic carbocycles. The topological polar surface area (TPSA) is 109 Å². The first kappa shape index (κ1) is 23.4. The zero-order valence-corrected chi connectivity index (χ0v) is 19.5. The Morgan fingerprint density at radius 1 is 1.06 bits per heavy atom. The SMILES string of the molecule is CCC(Nc1nc(Nc2cc(F)c(OC)cn2)nc(NC2CCCCCC2)n1)C1CCCN1. The van der Waals surface area contributed by atoms with Gasteiger partial charge < -0.3 is 26.0 Å². The lowest BCUT2D eigenvalue weighted by atomic mass is 10.0. The van der Waals surface area contributed by atoms with Crippen LogP contribution in [0.4, 0.5) is 28.1 Å². The van der Waals surface area contributed by atoms with Gasteiger partial charge in [0, 0.05) is 24.2 Å². The van der Waals surface area contributed by atoms with Crippen LogP contribution >= 0.6 is 0 Å². The third kappa shape index (κ3) is 6.40. The Morgan fingerprint density at radius 3 is 2.48 bits per heavy atom. The van der Waals surface area contributed by atoms with E-state index in [9.17, 15) is 4.39 Å². The molecule has 2 fully saturated rings. The summed E-state index contributed by atoms with van der Waals surface area (Å²) in [5.74, 6) is 1.22. The Labute approximate surface area is 194 Å². The molecule has 4 N–H and O–H groups in total. The number of ether oxygens (including phenoxy) is 1. The maximum atomic E-state index is 14.2. The van der Waals surface area contributed by atoms with E-state index in [0.717, 1.165) is 32.2 Å². The largest absolute Gasteiger partial charge is 0.492 e. The molecule has 2 aromatic rings. The van der Waals surface area contributed by atoms with Gasteiger partial charge in [0.25, 0.3) is 0 Å². The second-order valence-corrected chi connectivity index (χ2v) is 8.83. The molecule has 2 atom stereocenters. The molecule has 1 saturated heterocycles. The van der Waals surface area contributed by atoms with Gasteiger partial charge in [0.2, 0.25) is 17.8 Å². The third-order valence-electron chi connectivity index (χ3n) is 6.44. The van der Waals surface area contributed by atoms with E-state index < -0.39 is 5.82 Å². The van der Waals surface area contributed by atoms with E-state index in [2.05, 4.69) is 48.1 Å². The minimum absolute atomic E-state index is 0.0872. The van der Waals surface area contributed by atoms with Crippen LogP contribution in [0.1, 0.15) is 64.7 Å². The van der Waals surface area contributed by atoms with Crippen molar-refractivity contribution in [1.29, 1.82) is 0 Å². The molecule has 1 saturated carbocycles. The molecule has 0 spiro atoms. The van der Waals surface area contributed by atoms with Crippen LogP contribution < -0.4 is 26.0 Å². The molecule has 10 heteroatoms. The first-order valence-electron chi connectivity index (χ1n) is 12.1. The molecule has 9 nitrogen and oxygen atoms in total. The Morgan fingerprint density at radius 2 is 1.82 bits per heavy atom. The fraction of sp³-hybridized carbons (Fsp3) is 0.652. The van der Waals surface area contributed by atoms with Gasteiger partial charge in [0.1, 0.15) is 5.82 Å². The second-order valence-electron chi connectivity index (χ2n) is 8.83. The van der Waals surface area contributed by atoms with Crippen molar-refractivity contribution in [3.63, 3.8) is 0 Å². The summed E-state index contributed by atoms with van der Waals surface area (Å²) in [4.78, 5) is 18.0. The highest BCUT2D eigenvalue weighted by atomic mass is 19.1. The Balaban J connectivity index is 1.56. The average Bonchev–Trinajstić information content (AvgIpc) is 3.22. The van der Waals surface area contributed by atoms with E-state index in [4.69, 9.17) is 4.74 Å². The smallest absolute Gasteiger partial charge is 0.234 e. The molecule has 0 amide bonds. The van der Waals surface area contributed by atoms with Crippen LogP contribution in [0.15, 0.2) is 12.3 Å². The Hall–Kier alpha value is -2.75. The fourth-order valence-electron chi connectivity index (χ4n) is 4.63. The van der Waals surface area contributed by atoms with Gasteiger partial charge in [-0.2, -0.15) is 15.0 Å². The lowest BCUT2D eigenvalue weighted by Crippen LogP contribution is -2.40. The third-order valence-corrected chi connectivity index (χ3v) is 6.44. The van der Waals surface area contributed by atoms with Gasteiger partial charge >= 0.3 is 0 Å². The summed E-state index contributed by atoms with van der Waals surface area (Å²) in [6.07, 6.45) is 11.8. The maximum Gasteiger partial charge on any atom is 0.234 e. The van der Waals surface area contributed by atoms with Gasteiger partial charge in [-0.1, -0.05) is 32.6 Å². The second kappa shape index (κ2) is 11.4.